The summed E-state index contributed by atoms with van der Waals surface area (Å²) in [5, 5.41) is 2.79. The first-order valence-electron chi connectivity index (χ1n) is 8.00. The summed E-state index contributed by atoms with van der Waals surface area (Å²) in [6.07, 6.45) is 5.29. The molecule has 1 aliphatic heterocycles. The van der Waals surface area contributed by atoms with Gasteiger partial charge >= 0.3 is 0 Å². The highest BCUT2D eigenvalue weighted by molar-refractivity contribution is 7.89. The molecule has 126 valence electrons. The number of amides is 1. The minimum absolute atomic E-state index is 0.0329. The van der Waals surface area contributed by atoms with Crippen LogP contribution in [0.1, 0.15) is 32.6 Å². The van der Waals surface area contributed by atoms with Gasteiger partial charge in [0.1, 0.15) is 16.8 Å². The van der Waals surface area contributed by atoms with Gasteiger partial charge in [-0.1, -0.05) is 12.8 Å². The fraction of sp³-hybridized carbons (Fsp3) is 0.600. The lowest BCUT2D eigenvalue weighted by molar-refractivity contribution is -0.122. The van der Waals surface area contributed by atoms with Crippen molar-refractivity contribution in [1.82, 2.24) is 15.0 Å². The van der Waals surface area contributed by atoms with E-state index in [2.05, 4.69) is 15.0 Å². The molecule has 0 bridgehead atoms. The van der Waals surface area contributed by atoms with E-state index in [1.165, 1.54) is 6.20 Å². The van der Waals surface area contributed by atoms with Crippen LogP contribution < -0.4 is 14.9 Å². The van der Waals surface area contributed by atoms with E-state index in [9.17, 15) is 13.2 Å². The molecule has 23 heavy (non-hydrogen) atoms. The molecular formula is C15H22N4O3S. The Kier molecular flexibility index (Phi) is 4.54. The first kappa shape index (κ1) is 16.2. The number of carbonyl (C=O) groups is 1. The molecule has 1 amide bonds. The average Bonchev–Trinajstić information content (AvgIpc) is 3.02. The zero-order valence-electron chi connectivity index (χ0n) is 13.2. The number of rotatable bonds is 4. The predicted molar refractivity (Wildman–Crippen MR) is 86.6 cm³/mol. The molecule has 2 fully saturated rings. The topological polar surface area (TPSA) is 91.4 Å². The summed E-state index contributed by atoms with van der Waals surface area (Å²) in [4.78, 5) is 18.0. The van der Waals surface area contributed by atoms with Gasteiger partial charge in [-0.3, -0.25) is 4.79 Å². The second-order valence-electron chi connectivity index (χ2n) is 6.12. The summed E-state index contributed by atoms with van der Waals surface area (Å²) in [5.74, 6) is 0.574. The summed E-state index contributed by atoms with van der Waals surface area (Å²) in [7, 11) is -3.53. The van der Waals surface area contributed by atoms with Gasteiger partial charge in [-0.2, -0.15) is 0 Å². The van der Waals surface area contributed by atoms with Gasteiger partial charge in [0.15, 0.2) is 0 Å². The van der Waals surface area contributed by atoms with Gasteiger partial charge in [0, 0.05) is 25.3 Å². The van der Waals surface area contributed by atoms with Crippen molar-refractivity contribution in [1.29, 1.82) is 0 Å². The smallest absolute Gasteiger partial charge is 0.242 e. The normalized spacial score (nSPS) is 23.1. The molecule has 1 saturated heterocycles. The Hall–Kier alpha value is -1.67. The van der Waals surface area contributed by atoms with Crippen LogP contribution in [0.4, 0.5) is 5.82 Å². The molecule has 1 aromatic rings. The van der Waals surface area contributed by atoms with Crippen LogP contribution in [0.5, 0.6) is 0 Å². The van der Waals surface area contributed by atoms with Gasteiger partial charge in [0.25, 0.3) is 0 Å². The standard InChI is InChI=1S/C15H22N4O3S/c1-11-15(20)16-8-9-19(11)14-7-6-13(10-17-14)23(21,22)18-12-4-2-3-5-12/h6-7,10-12,18H,2-5,8-9H2,1H3,(H,16,20). The lowest BCUT2D eigenvalue weighted by atomic mass is 10.2. The molecule has 1 atom stereocenters. The molecular weight excluding hydrogens is 316 g/mol. The number of hydrogen-bond acceptors (Lipinski definition) is 5. The van der Waals surface area contributed by atoms with Crippen LogP contribution in [0.25, 0.3) is 0 Å². The molecule has 8 heteroatoms. The van der Waals surface area contributed by atoms with Crippen molar-refractivity contribution in [3.63, 3.8) is 0 Å². The Labute approximate surface area is 136 Å². The van der Waals surface area contributed by atoms with E-state index in [1.54, 1.807) is 12.1 Å². The Morgan fingerprint density at radius 1 is 1.30 bits per heavy atom. The number of hydrogen-bond donors (Lipinski definition) is 2. The van der Waals surface area contributed by atoms with Gasteiger partial charge in [0.05, 0.1) is 0 Å². The number of carbonyl (C=O) groups excluding carboxylic acids is 1. The lowest BCUT2D eigenvalue weighted by Crippen LogP contribution is -2.54. The van der Waals surface area contributed by atoms with Crippen LogP contribution in [0.15, 0.2) is 23.2 Å². The van der Waals surface area contributed by atoms with E-state index in [-0.39, 0.29) is 22.9 Å². The fourth-order valence-electron chi connectivity index (χ4n) is 3.13. The molecule has 2 N–H and O–H groups in total. The maximum absolute atomic E-state index is 12.4. The third-order valence-electron chi connectivity index (χ3n) is 4.50. The van der Waals surface area contributed by atoms with Crippen molar-refractivity contribution in [3.05, 3.63) is 18.3 Å². The van der Waals surface area contributed by atoms with Gasteiger partial charge < -0.3 is 10.2 Å². The highest BCUT2D eigenvalue weighted by Crippen LogP contribution is 2.22. The number of anilines is 1. The number of pyridine rings is 1. The molecule has 1 aliphatic carbocycles. The van der Waals surface area contributed by atoms with Crippen LogP contribution in [0.2, 0.25) is 0 Å². The number of piperazine rings is 1. The molecule has 2 heterocycles. The Morgan fingerprint density at radius 3 is 2.70 bits per heavy atom. The fourth-order valence-corrected chi connectivity index (χ4v) is 4.38. The summed E-state index contributed by atoms with van der Waals surface area (Å²) >= 11 is 0. The van der Waals surface area contributed by atoms with Crippen molar-refractivity contribution in [2.75, 3.05) is 18.0 Å². The molecule has 1 aromatic heterocycles. The number of nitrogens with zero attached hydrogens (tertiary/aromatic N) is 2. The third-order valence-corrected chi connectivity index (χ3v) is 6.01. The van der Waals surface area contributed by atoms with E-state index in [0.29, 0.717) is 18.9 Å². The molecule has 0 radical (unpaired) electrons. The minimum Gasteiger partial charge on any atom is -0.353 e. The lowest BCUT2D eigenvalue weighted by Gasteiger charge is -2.33. The molecule has 1 saturated carbocycles. The van der Waals surface area contributed by atoms with Crippen molar-refractivity contribution in [2.24, 2.45) is 0 Å². The minimum atomic E-state index is -3.53. The molecule has 0 spiro atoms. The van der Waals surface area contributed by atoms with Crippen LogP contribution in [0.3, 0.4) is 0 Å². The summed E-state index contributed by atoms with van der Waals surface area (Å²) < 4.78 is 27.5. The van der Waals surface area contributed by atoms with Crippen molar-refractivity contribution >= 4 is 21.7 Å². The Morgan fingerprint density at radius 2 is 2.04 bits per heavy atom. The summed E-state index contributed by atoms with van der Waals surface area (Å²) in [5.41, 5.74) is 0. The zero-order valence-corrected chi connectivity index (χ0v) is 14.0. The van der Waals surface area contributed by atoms with Gasteiger partial charge in [0.2, 0.25) is 15.9 Å². The number of nitrogens with one attached hydrogen (secondary N) is 2. The van der Waals surface area contributed by atoms with Crippen LogP contribution in [-0.2, 0) is 14.8 Å². The molecule has 1 unspecified atom stereocenters. The number of sulfonamides is 1. The van der Waals surface area contributed by atoms with Crippen molar-refractivity contribution in [2.45, 2.75) is 49.6 Å². The first-order chi connectivity index (χ1) is 11.0. The predicted octanol–water partition coefficient (Wildman–Crippen LogP) is 0.627. The molecule has 2 aliphatic rings. The van der Waals surface area contributed by atoms with Crippen LogP contribution >= 0.6 is 0 Å². The van der Waals surface area contributed by atoms with Crippen LogP contribution in [-0.4, -0.2) is 44.5 Å². The van der Waals surface area contributed by atoms with Gasteiger partial charge in [-0.15, -0.1) is 0 Å². The van der Waals surface area contributed by atoms with E-state index in [1.807, 2.05) is 11.8 Å². The Balaban J connectivity index is 1.74. The highest BCUT2D eigenvalue weighted by Gasteiger charge is 2.27. The second kappa shape index (κ2) is 6.45. The average molecular weight is 338 g/mol. The monoisotopic (exact) mass is 338 g/mol. The quantitative estimate of drug-likeness (QED) is 0.840. The number of aromatic nitrogens is 1. The highest BCUT2D eigenvalue weighted by atomic mass is 32.2. The summed E-state index contributed by atoms with van der Waals surface area (Å²) in [6, 6.07) is 2.94. The second-order valence-corrected chi connectivity index (χ2v) is 7.83. The first-order valence-corrected chi connectivity index (χ1v) is 9.48. The van der Waals surface area contributed by atoms with Crippen molar-refractivity contribution < 1.29 is 13.2 Å². The van der Waals surface area contributed by atoms with Gasteiger partial charge in [-0.25, -0.2) is 18.1 Å². The van der Waals surface area contributed by atoms with Crippen molar-refractivity contribution in [3.8, 4) is 0 Å². The molecule has 7 nitrogen and oxygen atoms in total. The Bertz CT molecular complexity index is 668. The maximum atomic E-state index is 12.4. The largest absolute Gasteiger partial charge is 0.353 e. The maximum Gasteiger partial charge on any atom is 0.242 e. The van der Waals surface area contributed by atoms with E-state index in [0.717, 1.165) is 25.7 Å². The summed E-state index contributed by atoms with van der Waals surface area (Å²) in [6.45, 7) is 3.03. The van der Waals surface area contributed by atoms with Gasteiger partial charge in [-0.05, 0) is 31.9 Å². The van der Waals surface area contributed by atoms with E-state index >= 15 is 0 Å². The SMILES string of the molecule is CC1C(=O)NCCN1c1ccc(S(=O)(=O)NC2CCCC2)cn1. The molecule has 3 rings (SSSR count). The third kappa shape index (κ3) is 3.48. The molecule has 0 aromatic carbocycles. The van der Waals surface area contributed by atoms with Crippen LogP contribution in [0, 0.1) is 0 Å². The van der Waals surface area contributed by atoms with E-state index in [4.69, 9.17) is 0 Å². The van der Waals surface area contributed by atoms with E-state index < -0.39 is 10.0 Å². The zero-order chi connectivity index (χ0) is 16.4.